The second-order valence-corrected chi connectivity index (χ2v) is 10.6. The molecule has 31 heavy (non-hydrogen) atoms. The molecule has 4 rings (SSSR count). The van der Waals surface area contributed by atoms with Gasteiger partial charge in [0.1, 0.15) is 6.04 Å². The molecule has 2 heterocycles. The number of anilines is 2. The molecule has 1 unspecified atom stereocenters. The fraction of sp³-hybridized carbons (Fsp3) is 0.333. The largest absolute Gasteiger partial charge is 0.307 e. The zero-order valence-corrected chi connectivity index (χ0v) is 19.1. The lowest BCUT2D eigenvalue weighted by Crippen LogP contribution is -2.55. The number of carbonyl (C=O) groups excluding carboxylic acids is 2. The maximum absolute atomic E-state index is 13.2. The standard InChI is InChI=1S/C21H24N4O4S2/c1-13-11-24(21(27)18-12-30-23-22-18)20-10-16(6-9-19(20)25(13)14(2)26)15-4-7-17(8-5-15)31(3,28)29/h4-10,13,18,22-23H,11-12H2,1-3H3/t13-,18?/m0/s1. The number of nitrogens with one attached hydrogen (secondary N) is 2. The van der Waals surface area contributed by atoms with E-state index in [1.165, 1.54) is 25.1 Å². The van der Waals surface area contributed by atoms with Crippen LogP contribution in [0.5, 0.6) is 0 Å². The lowest BCUT2D eigenvalue weighted by Gasteiger charge is -2.41. The molecular formula is C21H24N4O4S2. The van der Waals surface area contributed by atoms with Crippen LogP contribution in [0.15, 0.2) is 47.4 Å². The summed E-state index contributed by atoms with van der Waals surface area (Å²) in [5.41, 5.74) is 6.00. The Balaban J connectivity index is 1.77. The molecule has 2 aliphatic heterocycles. The Kier molecular flexibility index (Phi) is 5.82. The van der Waals surface area contributed by atoms with Crippen molar-refractivity contribution >= 4 is 45.0 Å². The number of nitrogens with zero attached hydrogens (tertiary/aromatic N) is 2. The number of hydrazine groups is 1. The lowest BCUT2D eigenvalue weighted by atomic mass is 10.00. The van der Waals surface area contributed by atoms with Gasteiger partial charge >= 0.3 is 0 Å². The Labute approximate surface area is 186 Å². The van der Waals surface area contributed by atoms with Crippen molar-refractivity contribution < 1.29 is 18.0 Å². The number of amides is 2. The van der Waals surface area contributed by atoms with E-state index < -0.39 is 9.84 Å². The smallest absolute Gasteiger partial charge is 0.246 e. The van der Waals surface area contributed by atoms with Crippen molar-refractivity contribution in [2.45, 2.75) is 30.8 Å². The third kappa shape index (κ3) is 4.20. The highest BCUT2D eigenvalue weighted by molar-refractivity contribution is 7.97. The van der Waals surface area contributed by atoms with Crippen LogP contribution in [-0.4, -0.2) is 50.9 Å². The maximum Gasteiger partial charge on any atom is 0.246 e. The Morgan fingerprint density at radius 3 is 2.32 bits per heavy atom. The molecule has 2 atom stereocenters. The molecule has 2 N–H and O–H groups in total. The van der Waals surface area contributed by atoms with Crippen molar-refractivity contribution in [3.05, 3.63) is 42.5 Å². The highest BCUT2D eigenvalue weighted by Crippen LogP contribution is 2.39. The number of carbonyl (C=O) groups is 2. The van der Waals surface area contributed by atoms with Gasteiger partial charge in [-0.2, -0.15) is 0 Å². The zero-order valence-electron chi connectivity index (χ0n) is 17.5. The Morgan fingerprint density at radius 1 is 1.06 bits per heavy atom. The molecule has 1 fully saturated rings. The predicted octanol–water partition coefficient (Wildman–Crippen LogP) is 1.97. The van der Waals surface area contributed by atoms with Gasteiger partial charge in [-0.15, -0.1) is 0 Å². The topological polar surface area (TPSA) is 98.8 Å². The summed E-state index contributed by atoms with van der Waals surface area (Å²) in [6.07, 6.45) is 1.17. The molecule has 164 valence electrons. The maximum atomic E-state index is 13.2. The summed E-state index contributed by atoms with van der Waals surface area (Å²) < 4.78 is 23.5. The summed E-state index contributed by atoms with van der Waals surface area (Å²) in [6.45, 7) is 3.84. The minimum atomic E-state index is -3.28. The van der Waals surface area contributed by atoms with Crippen LogP contribution in [0.1, 0.15) is 13.8 Å². The van der Waals surface area contributed by atoms with Gasteiger partial charge in [-0.25, -0.2) is 18.7 Å². The minimum absolute atomic E-state index is 0.0571. The summed E-state index contributed by atoms with van der Waals surface area (Å²) in [7, 11) is -3.28. The van der Waals surface area contributed by atoms with E-state index in [0.717, 1.165) is 11.1 Å². The number of hydrogen-bond donors (Lipinski definition) is 2. The van der Waals surface area contributed by atoms with Crippen LogP contribution >= 0.6 is 11.9 Å². The number of rotatable bonds is 3. The highest BCUT2D eigenvalue weighted by atomic mass is 32.2. The van der Waals surface area contributed by atoms with Gasteiger partial charge in [0.2, 0.25) is 11.8 Å². The number of benzene rings is 2. The lowest BCUT2D eigenvalue weighted by molar-refractivity contribution is -0.121. The van der Waals surface area contributed by atoms with Gasteiger partial charge in [-0.05, 0) is 42.3 Å². The zero-order chi connectivity index (χ0) is 22.3. The highest BCUT2D eigenvalue weighted by Gasteiger charge is 2.37. The summed E-state index contributed by atoms with van der Waals surface area (Å²) in [5, 5.41) is 0. The van der Waals surface area contributed by atoms with Crippen LogP contribution in [0.3, 0.4) is 0 Å². The first-order chi connectivity index (χ1) is 14.7. The molecule has 2 amide bonds. The van der Waals surface area contributed by atoms with Gasteiger partial charge in [0, 0.05) is 25.5 Å². The molecule has 0 spiro atoms. The summed E-state index contributed by atoms with van der Waals surface area (Å²) in [5.74, 6) is 0.475. The Bertz CT molecular complexity index is 1130. The second kappa shape index (κ2) is 8.27. The van der Waals surface area contributed by atoms with Crippen molar-refractivity contribution in [3.8, 4) is 11.1 Å². The molecule has 2 aromatic rings. The molecule has 0 aliphatic carbocycles. The third-order valence-corrected chi connectivity index (χ3v) is 7.38. The number of sulfone groups is 1. The van der Waals surface area contributed by atoms with E-state index >= 15 is 0 Å². The van der Waals surface area contributed by atoms with Crippen LogP contribution in [0.25, 0.3) is 11.1 Å². The normalized spacial score (nSPS) is 21.1. The van der Waals surface area contributed by atoms with E-state index in [-0.39, 0.29) is 28.8 Å². The van der Waals surface area contributed by atoms with Crippen molar-refractivity contribution in [3.63, 3.8) is 0 Å². The average molecular weight is 461 g/mol. The van der Waals surface area contributed by atoms with E-state index in [1.807, 2.05) is 25.1 Å². The molecule has 0 radical (unpaired) electrons. The van der Waals surface area contributed by atoms with Crippen LogP contribution in [0.2, 0.25) is 0 Å². The molecule has 8 nitrogen and oxygen atoms in total. The SMILES string of the molecule is CC(=O)N1c2ccc(-c3ccc(S(C)(=O)=O)cc3)cc2N(C(=O)C2CSNN2)C[C@@H]1C. The van der Waals surface area contributed by atoms with Gasteiger partial charge in [0.15, 0.2) is 9.84 Å². The Morgan fingerprint density at radius 2 is 1.74 bits per heavy atom. The minimum Gasteiger partial charge on any atom is -0.307 e. The number of fused-ring (bicyclic) bond motifs is 1. The molecule has 10 heteroatoms. The molecule has 0 aromatic heterocycles. The molecule has 0 saturated carbocycles. The van der Waals surface area contributed by atoms with Crippen molar-refractivity contribution in [1.29, 1.82) is 0 Å². The number of hydrogen-bond acceptors (Lipinski definition) is 7. The monoisotopic (exact) mass is 460 g/mol. The quantitative estimate of drug-likeness (QED) is 0.676. The first kappa shape index (κ1) is 21.8. The van der Waals surface area contributed by atoms with Crippen molar-refractivity contribution in [2.24, 2.45) is 0 Å². The van der Waals surface area contributed by atoms with E-state index in [1.54, 1.807) is 34.1 Å². The van der Waals surface area contributed by atoms with Gasteiger partial charge in [0.25, 0.3) is 0 Å². The van der Waals surface area contributed by atoms with E-state index in [0.29, 0.717) is 23.7 Å². The van der Waals surface area contributed by atoms with Crippen molar-refractivity contribution in [2.75, 3.05) is 28.4 Å². The summed E-state index contributed by atoms with van der Waals surface area (Å²) in [4.78, 5) is 32.2. The van der Waals surface area contributed by atoms with Crippen LogP contribution in [-0.2, 0) is 19.4 Å². The van der Waals surface area contributed by atoms with Crippen molar-refractivity contribution in [1.82, 2.24) is 10.3 Å². The first-order valence-corrected chi connectivity index (χ1v) is 12.7. The average Bonchev–Trinajstić information content (AvgIpc) is 3.26. The van der Waals surface area contributed by atoms with Gasteiger partial charge in [-0.3, -0.25) is 9.59 Å². The second-order valence-electron chi connectivity index (χ2n) is 7.80. The molecule has 2 aliphatic rings. The summed E-state index contributed by atoms with van der Waals surface area (Å²) in [6, 6.07) is 11.7. The fourth-order valence-corrected chi connectivity index (χ4v) is 5.32. The van der Waals surface area contributed by atoms with Gasteiger partial charge in [0.05, 0.1) is 22.3 Å². The van der Waals surface area contributed by atoms with Gasteiger partial charge < -0.3 is 9.80 Å². The molecular weight excluding hydrogens is 436 g/mol. The van der Waals surface area contributed by atoms with Crippen LogP contribution in [0, 0.1) is 0 Å². The van der Waals surface area contributed by atoms with Crippen LogP contribution in [0.4, 0.5) is 11.4 Å². The van der Waals surface area contributed by atoms with Gasteiger partial charge in [-0.1, -0.05) is 30.1 Å². The molecule has 0 bridgehead atoms. The molecule has 2 aromatic carbocycles. The van der Waals surface area contributed by atoms with Crippen LogP contribution < -0.4 is 20.1 Å². The first-order valence-electron chi connectivity index (χ1n) is 9.85. The summed E-state index contributed by atoms with van der Waals surface area (Å²) >= 11 is 1.44. The fourth-order valence-electron chi connectivity index (χ4n) is 3.99. The Hall–Kier alpha value is -2.40. The molecule has 1 saturated heterocycles. The van der Waals surface area contributed by atoms with E-state index in [9.17, 15) is 18.0 Å². The van der Waals surface area contributed by atoms with E-state index in [4.69, 9.17) is 0 Å². The van der Waals surface area contributed by atoms with E-state index in [2.05, 4.69) is 10.3 Å². The predicted molar refractivity (Wildman–Crippen MR) is 122 cm³/mol. The third-order valence-electron chi connectivity index (χ3n) is 5.49.